The first-order chi connectivity index (χ1) is 17.9. The van der Waals surface area contributed by atoms with Crippen molar-refractivity contribution in [3.8, 4) is 18.1 Å². The van der Waals surface area contributed by atoms with Crippen LogP contribution >= 0.6 is 6.64 Å². The molecule has 2 aromatic rings. The van der Waals surface area contributed by atoms with Gasteiger partial charge >= 0.3 is 18.3 Å². The Morgan fingerprint density at radius 3 is 2.53 bits per heavy atom. The molecule has 6 atom stereocenters. The minimum absolute atomic E-state index is 0.220. The van der Waals surface area contributed by atoms with Crippen LogP contribution < -0.4 is 20.9 Å². The summed E-state index contributed by atoms with van der Waals surface area (Å²) in [7, 11) is 0. The second-order valence-electron chi connectivity index (χ2n) is 9.30. The summed E-state index contributed by atoms with van der Waals surface area (Å²) in [5.41, 5.74) is -1.32. The highest BCUT2D eigenvalue weighted by Crippen LogP contribution is 2.47. The second-order valence-corrected chi connectivity index (χ2v) is 12.4. The van der Waals surface area contributed by atoms with Gasteiger partial charge < -0.3 is 23.6 Å². The molecule has 1 saturated heterocycles. The molecule has 11 nitrogen and oxygen atoms in total. The van der Waals surface area contributed by atoms with Crippen LogP contribution in [0.3, 0.4) is 0 Å². The first-order valence-electron chi connectivity index (χ1n) is 12.0. The lowest BCUT2D eigenvalue weighted by Crippen LogP contribution is -2.43. The lowest BCUT2D eigenvalue weighted by atomic mass is 10.0. The van der Waals surface area contributed by atoms with E-state index in [1.54, 1.807) is 38.1 Å². The predicted molar refractivity (Wildman–Crippen MR) is 144 cm³/mol. The number of hydrogen-bond donors (Lipinski definition) is 3. The number of aromatic nitrogens is 2. The third-order valence-electron chi connectivity index (χ3n) is 5.64. The van der Waals surface area contributed by atoms with Crippen LogP contribution in [-0.4, -0.2) is 51.6 Å². The van der Waals surface area contributed by atoms with Gasteiger partial charge in [-0.3, -0.25) is 19.1 Å². The number of benzene rings is 1. The fourth-order valence-electron chi connectivity index (χ4n) is 3.76. The van der Waals surface area contributed by atoms with E-state index >= 15 is 0 Å². The number of carbonyl (C=O) groups is 1. The Bertz CT molecular complexity index is 1310. The molecule has 1 fully saturated rings. The van der Waals surface area contributed by atoms with Crippen LogP contribution in [0.2, 0.25) is 0 Å². The highest BCUT2D eigenvalue weighted by atomic mass is 32.5. The van der Waals surface area contributed by atoms with Crippen molar-refractivity contribution >= 4 is 24.4 Å². The molecule has 1 aliphatic rings. The van der Waals surface area contributed by atoms with Crippen molar-refractivity contribution in [3.05, 3.63) is 63.4 Å². The van der Waals surface area contributed by atoms with Crippen LogP contribution in [0.15, 0.2) is 52.2 Å². The molecule has 206 valence electrons. The first kappa shape index (κ1) is 29.8. The third-order valence-corrected chi connectivity index (χ3v) is 8.03. The maximum Gasteiger partial charge on any atom is 0.330 e. The van der Waals surface area contributed by atoms with Crippen LogP contribution in [0.1, 0.15) is 33.9 Å². The van der Waals surface area contributed by atoms with Gasteiger partial charge in [0.15, 0.2) is 6.23 Å². The van der Waals surface area contributed by atoms with E-state index in [9.17, 15) is 19.5 Å². The number of aliphatic hydroxyl groups is 1. The lowest BCUT2D eigenvalue weighted by Gasteiger charge is -2.30. The van der Waals surface area contributed by atoms with Crippen molar-refractivity contribution < 1.29 is 28.4 Å². The summed E-state index contributed by atoms with van der Waals surface area (Å²) in [5, 5.41) is 13.9. The normalized spacial score (nSPS) is 23.5. The summed E-state index contributed by atoms with van der Waals surface area (Å²) in [6.07, 6.45) is 3.25. The van der Waals surface area contributed by atoms with Gasteiger partial charge in [0.1, 0.15) is 24.0 Å². The van der Waals surface area contributed by atoms with Crippen LogP contribution in [0, 0.1) is 24.2 Å². The predicted octanol–water partition coefficient (Wildman–Crippen LogP) is 1.93. The van der Waals surface area contributed by atoms with E-state index in [1.807, 2.05) is 19.9 Å². The zero-order valence-corrected chi connectivity index (χ0v) is 23.2. The van der Waals surface area contributed by atoms with E-state index in [-0.39, 0.29) is 18.6 Å². The Morgan fingerprint density at radius 1 is 1.26 bits per heavy atom. The Hall–Kier alpha value is -2.78. The SMILES string of the molecule is C#CC1C(O)C(COP(=S)(NC(C(=O)OC(C)C)C(C)C)Oc2ccccc2)OC1n1ccc(=O)[nH]c1=O. The van der Waals surface area contributed by atoms with Gasteiger partial charge in [0.2, 0.25) is 0 Å². The number of aromatic amines is 1. The standard InChI is InChI=1S/C25H32N3O8PS/c1-6-18-22(30)19(35-23(18)28-13-12-20(29)26-25(28)32)14-33-37(38,36-17-10-8-7-9-11-17)27-21(15(2)3)24(31)34-16(4)5/h1,7-13,15-16,18-19,21-23,30H,14H2,2-5H3,(H,27,38)(H,26,29,32). The van der Waals surface area contributed by atoms with Gasteiger partial charge in [0, 0.05) is 12.3 Å². The van der Waals surface area contributed by atoms with Crippen molar-refractivity contribution in [3.63, 3.8) is 0 Å². The Balaban J connectivity index is 1.84. The maximum atomic E-state index is 12.8. The van der Waals surface area contributed by atoms with Crippen molar-refractivity contribution in [2.75, 3.05) is 6.61 Å². The van der Waals surface area contributed by atoms with Crippen molar-refractivity contribution in [2.24, 2.45) is 11.8 Å². The Labute approximate surface area is 225 Å². The summed E-state index contributed by atoms with van der Waals surface area (Å²) in [4.78, 5) is 38.7. The molecule has 2 heterocycles. The molecule has 38 heavy (non-hydrogen) atoms. The lowest BCUT2D eigenvalue weighted by molar-refractivity contribution is -0.150. The summed E-state index contributed by atoms with van der Waals surface area (Å²) < 4.78 is 24.5. The molecule has 1 aromatic carbocycles. The fraction of sp³-hybridized carbons (Fsp3) is 0.480. The van der Waals surface area contributed by atoms with Gasteiger partial charge in [-0.25, -0.2) is 9.88 Å². The van der Waals surface area contributed by atoms with E-state index in [0.29, 0.717) is 5.75 Å². The highest BCUT2D eigenvalue weighted by Gasteiger charge is 2.45. The summed E-state index contributed by atoms with van der Waals surface area (Å²) in [6.45, 7) is 3.44. The summed E-state index contributed by atoms with van der Waals surface area (Å²) in [6, 6.07) is 9.02. The van der Waals surface area contributed by atoms with E-state index in [1.165, 1.54) is 6.20 Å². The number of terminal acetylenes is 1. The molecule has 3 N–H and O–H groups in total. The number of H-pyrrole nitrogens is 1. The average Bonchev–Trinajstić information content (AvgIpc) is 3.16. The Morgan fingerprint density at radius 2 is 1.95 bits per heavy atom. The minimum atomic E-state index is -3.44. The van der Waals surface area contributed by atoms with Crippen LogP contribution in [0.4, 0.5) is 0 Å². The van der Waals surface area contributed by atoms with E-state index in [0.717, 1.165) is 10.6 Å². The first-order valence-corrected chi connectivity index (χ1v) is 14.7. The number of hydrogen-bond acceptors (Lipinski definition) is 9. The number of rotatable bonds is 11. The maximum absolute atomic E-state index is 12.8. The molecule has 0 amide bonds. The van der Waals surface area contributed by atoms with Gasteiger partial charge in [-0.15, -0.1) is 6.42 Å². The summed E-state index contributed by atoms with van der Waals surface area (Å²) >= 11 is 5.78. The zero-order valence-electron chi connectivity index (χ0n) is 21.5. The number of para-hydroxylation sites is 1. The second kappa shape index (κ2) is 12.8. The quantitative estimate of drug-likeness (QED) is 0.210. The molecule has 1 aliphatic heterocycles. The topological polar surface area (TPSA) is 141 Å². The number of aliphatic hydroxyl groups excluding tert-OH is 1. The molecule has 1 aromatic heterocycles. The van der Waals surface area contributed by atoms with Gasteiger partial charge in [0.25, 0.3) is 5.56 Å². The van der Waals surface area contributed by atoms with Gasteiger partial charge in [0.05, 0.1) is 18.6 Å². The number of nitrogens with one attached hydrogen (secondary N) is 2. The van der Waals surface area contributed by atoms with E-state index in [2.05, 4.69) is 16.0 Å². The average molecular weight is 566 g/mol. The highest BCUT2D eigenvalue weighted by molar-refractivity contribution is 8.09. The van der Waals surface area contributed by atoms with E-state index in [4.69, 9.17) is 36.8 Å². The molecule has 0 spiro atoms. The van der Waals surface area contributed by atoms with Crippen molar-refractivity contribution in [2.45, 2.75) is 58.3 Å². The monoisotopic (exact) mass is 565 g/mol. The number of nitrogens with zero attached hydrogens (tertiary/aromatic N) is 1. The van der Waals surface area contributed by atoms with Crippen molar-refractivity contribution in [1.82, 2.24) is 14.6 Å². The van der Waals surface area contributed by atoms with Crippen LogP contribution in [0.25, 0.3) is 0 Å². The zero-order chi connectivity index (χ0) is 28.0. The number of carbonyl (C=O) groups excluding carboxylic acids is 1. The molecule has 3 rings (SSSR count). The molecular weight excluding hydrogens is 533 g/mol. The Kier molecular flexibility index (Phi) is 10.1. The molecule has 0 radical (unpaired) electrons. The van der Waals surface area contributed by atoms with E-state index < -0.39 is 54.3 Å². The van der Waals surface area contributed by atoms with Crippen LogP contribution in [0.5, 0.6) is 5.75 Å². The van der Waals surface area contributed by atoms with Crippen molar-refractivity contribution in [1.29, 1.82) is 0 Å². The fourth-order valence-corrected chi connectivity index (χ4v) is 6.21. The smallest absolute Gasteiger partial charge is 0.330 e. The van der Waals surface area contributed by atoms with Gasteiger partial charge in [-0.05, 0) is 43.7 Å². The molecule has 6 unspecified atom stereocenters. The third kappa shape index (κ3) is 7.41. The van der Waals surface area contributed by atoms with Gasteiger partial charge in [-0.1, -0.05) is 38.0 Å². The molecule has 13 heteroatoms. The van der Waals surface area contributed by atoms with Gasteiger partial charge in [-0.2, -0.15) is 0 Å². The number of ether oxygens (including phenoxy) is 2. The molecule has 0 aliphatic carbocycles. The molecular formula is C25H32N3O8PS. The number of esters is 1. The summed E-state index contributed by atoms with van der Waals surface area (Å²) in [5.74, 6) is 1.21. The largest absolute Gasteiger partial charge is 0.462 e. The van der Waals surface area contributed by atoms with Crippen LogP contribution in [-0.2, 0) is 30.6 Å². The molecule has 0 bridgehead atoms. The molecule has 0 saturated carbocycles. The minimum Gasteiger partial charge on any atom is -0.462 e.